The quantitative estimate of drug-likeness (QED) is 0.286. The first-order valence-electron chi connectivity index (χ1n) is 11.6. The number of halogens is 3. The van der Waals surface area contributed by atoms with Gasteiger partial charge in [0.1, 0.15) is 0 Å². The summed E-state index contributed by atoms with van der Waals surface area (Å²) in [6, 6.07) is 14.7. The van der Waals surface area contributed by atoms with Gasteiger partial charge in [-0.1, -0.05) is 47.7 Å². The summed E-state index contributed by atoms with van der Waals surface area (Å²) < 4.78 is 69.5. The smallest absolute Gasteiger partial charge is 0.330 e. The summed E-state index contributed by atoms with van der Waals surface area (Å²) >= 11 is 0. The van der Waals surface area contributed by atoms with Crippen LogP contribution in [-0.2, 0) is 16.9 Å². The number of benzene rings is 2. The number of nitrogens with zero attached hydrogens (tertiary/aromatic N) is 5. The van der Waals surface area contributed by atoms with Crippen LogP contribution in [0.15, 0.2) is 65.7 Å². The van der Waals surface area contributed by atoms with Crippen LogP contribution in [0.1, 0.15) is 30.1 Å². The number of hydrogen-bond acceptors (Lipinski definition) is 5. The average Bonchev–Trinajstić information content (AvgIpc) is 3.34. The predicted molar refractivity (Wildman–Crippen MR) is 135 cm³/mol. The molecule has 7 nitrogen and oxygen atoms in total. The molecular weight excluding hydrogens is 503 g/mol. The Labute approximate surface area is 211 Å². The number of sulfone groups is 1. The highest BCUT2D eigenvalue weighted by atomic mass is 32.2. The largest absolute Gasteiger partial charge is 0.389 e. The van der Waals surface area contributed by atoms with Crippen LogP contribution >= 0.6 is 0 Å². The Morgan fingerprint density at radius 1 is 1.05 bits per heavy atom. The van der Waals surface area contributed by atoms with E-state index in [1.165, 1.54) is 6.07 Å². The summed E-state index contributed by atoms with van der Waals surface area (Å²) in [5.74, 6) is 0. The van der Waals surface area contributed by atoms with Gasteiger partial charge in [0.05, 0.1) is 38.9 Å². The minimum atomic E-state index is -4.38. The number of rotatable bonds is 6. The van der Waals surface area contributed by atoms with Crippen molar-refractivity contribution in [3.63, 3.8) is 0 Å². The van der Waals surface area contributed by atoms with E-state index in [4.69, 9.17) is 0 Å². The van der Waals surface area contributed by atoms with Gasteiger partial charge >= 0.3 is 6.18 Å². The Morgan fingerprint density at radius 2 is 1.78 bits per heavy atom. The van der Waals surface area contributed by atoms with Crippen molar-refractivity contribution in [2.45, 2.75) is 36.9 Å². The minimum Gasteiger partial charge on any atom is -0.330 e. The molecule has 3 aromatic heterocycles. The molecule has 192 valence electrons. The molecule has 3 heterocycles. The fourth-order valence-corrected chi connectivity index (χ4v) is 5.84. The van der Waals surface area contributed by atoms with Crippen LogP contribution in [-0.4, -0.2) is 45.4 Å². The van der Waals surface area contributed by atoms with Crippen molar-refractivity contribution in [1.29, 1.82) is 0 Å². The van der Waals surface area contributed by atoms with Crippen molar-refractivity contribution < 1.29 is 21.6 Å². The Bertz CT molecular complexity index is 1700. The molecule has 0 N–H and O–H groups in total. The Balaban J connectivity index is 1.90. The van der Waals surface area contributed by atoms with Crippen LogP contribution in [0.5, 0.6) is 0 Å². The van der Waals surface area contributed by atoms with E-state index in [0.29, 0.717) is 44.5 Å². The summed E-state index contributed by atoms with van der Waals surface area (Å²) in [5.41, 5.74) is 4.05. The Kier molecular flexibility index (Phi) is 6.06. The van der Waals surface area contributed by atoms with E-state index in [1.807, 2.05) is 6.07 Å². The maximum atomic E-state index is 13.5. The van der Waals surface area contributed by atoms with Crippen molar-refractivity contribution in [2.75, 3.05) is 6.26 Å². The van der Waals surface area contributed by atoms with E-state index in [9.17, 15) is 21.6 Å². The summed E-state index contributed by atoms with van der Waals surface area (Å²) in [7, 11) is -1.98. The maximum absolute atomic E-state index is 13.5. The number of pyridine rings is 1. The van der Waals surface area contributed by atoms with Crippen molar-refractivity contribution in [3.05, 3.63) is 72.1 Å². The van der Waals surface area contributed by atoms with E-state index in [-0.39, 0.29) is 11.3 Å². The van der Waals surface area contributed by atoms with Crippen LogP contribution in [0.4, 0.5) is 13.2 Å². The first kappa shape index (κ1) is 24.9. The third kappa shape index (κ3) is 4.59. The molecule has 5 rings (SSSR count). The molecule has 0 aliphatic rings. The lowest BCUT2D eigenvalue weighted by atomic mass is 10.0. The third-order valence-electron chi connectivity index (χ3n) is 6.49. The zero-order valence-corrected chi connectivity index (χ0v) is 21.2. The van der Waals surface area contributed by atoms with Gasteiger partial charge in [0, 0.05) is 36.9 Å². The molecule has 0 saturated heterocycles. The van der Waals surface area contributed by atoms with Gasteiger partial charge in [0.25, 0.3) is 0 Å². The Morgan fingerprint density at radius 3 is 2.41 bits per heavy atom. The topological polar surface area (TPSA) is 82.7 Å². The monoisotopic (exact) mass is 527 g/mol. The van der Waals surface area contributed by atoms with E-state index >= 15 is 0 Å². The standard InChI is InChI=1S/C26H24F3N5O2S/c1-16-24(33(2)32-31-16)18-14-21-23(30-15-18)19-10-7-11-22(37(3,35)36)25(19)34(21)20(12-13-26(27,28)29)17-8-5-4-6-9-17/h4-11,14-15,20H,12-13H2,1-3H3. The second kappa shape index (κ2) is 8.98. The molecule has 1 unspecified atom stereocenters. The fourth-order valence-electron chi connectivity index (χ4n) is 4.96. The van der Waals surface area contributed by atoms with Crippen molar-refractivity contribution >= 4 is 31.8 Å². The second-order valence-corrected chi connectivity index (χ2v) is 11.1. The number of hydrogen-bond donors (Lipinski definition) is 0. The van der Waals surface area contributed by atoms with Crippen molar-refractivity contribution in [2.24, 2.45) is 7.05 Å². The predicted octanol–water partition coefficient (Wildman–Crippen LogP) is 5.63. The van der Waals surface area contributed by atoms with Gasteiger partial charge in [-0.05, 0) is 31.0 Å². The summed E-state index contributed by atoms with van der Waals surface area (Å²) in [4.78, 5) is 4.71. The molecule has 37 heavy (non-hydrogen) atoms. The van der Waals surface area contributed by atoms with E-state index in [1.54, 1.807) is 71.9 Å². The van der Waals surface area contributed by atoms with Crippen LogP contribution in [0, 0.1) is 6.92 Å². The highest BCUT2D eigenvalue weighted by Gasteiger charge is 2.32. The van der Waals surface area contributed by atoms with E-state index in [2.05, 4.69) is 15.3 Å². The molecule has 0 radical (unpaired) electrons. The molecule has 5 aromatic rings. The van der Waals surface area contributed by atoms with Crippen LogP contribution in [0.25, 0.3) is 33.2 Å². The highest BCUT2D eigenvalue weighted by Crippen LogP contribution is 2.40. The molecular formula is C26H24F3N5O2S. The van der Waals surface area contributed by atoms with Gasteiger partial charge in [-0.2, -0.15) is 13.2 Å². The average molecular weight is 528 g/mol. The fraction of sp³-hybridized carbons (Fsp3) is 0.269. The second-order valence-electron chi connectivity index (χ2n) is 9.11. The first-order valence-corrected chi connectivity index (χ1v) is 13.5. The number of fused-ring (bicyclic) bond motifs is 3. The molecule has 0 amide bonds. The van der Waals surface area contributed by atoms with Crippen LogP contribution in [0.3, 0.4) is 0 Å². The van der Waals surface area contributed by atoms with Crippen LogP contribution < -0.4 is 0 Å². The zero-order chi connectivity index (χ0) is 26.5. The molecule has 0 spiro atoms. The molecule has 11 heteroatoms. The molecule has 1 atom stereocenters. The number of aryl methyl sites for hydroxylation is 2. The van der Waals surface area contributed by atoms with Gasteiger partial charge < -0.3 is 4.57 Å². The van der Waals surface area contributed by atoms with Gasteiger partial charge in [-0.15, -0.1) is 5.10 Å². The molecule has 0 aliphatic carbocycles. The maximum Gasteiger partial charge on any atom is 0.389 e. The lowest BCUT2D eigenvalue weighted by Crippen LogP contribution is -2.16. The summed E-state index contributed by atoms with van der Waals surface area (Å²) in [5, 5.41) is 8.70. The highest BCUT2D eigenvalue weighted by molar-refractivity contribution is 7.91. The first-order chi connectivity index (χ1) is 17.5. The number of alkyl halides is 3. The lowest BCUT2D eigenvalue weighted by Gasteiger charge is -2.23. The van der Waals surface area contributed by atoms with E-state index in [0.717, 1.165) is 6.26 Å². The Hall–Kier alpha value is -3.73. The van der Waals surface area contributed by atoms with Gasteiger partial charge in [0.15, 0.2) is 9.84 Å². The number of para-hydroxylation sites is 1. The SMILES string of the molecule is Cc1nnn(C)c1-c1cnc2c3cccc(S(C)(=O)=O)c3n(C(CCC(F)(F)F)c3ccccc3)c2c1. The van der Waals surface area contributed by atoms with Gasteiger partial charge in [-0.3, -0.25) is 4.98 Å². The van der Waals surface area contributed by atoms with Gasteiger partial charge in [-0.25, -0.2) is 13.1 Å². The summed E-state index contributed by atoms with van der Waals surface area (Å²) in [6.45, 7) is 1.81. The normalized spacial score (nSPS) is 13.5. The molecule has 0 saturated carbocycles. The molecule has 2 aromatic carbocycles. The molecule has 0 aliphatic heterocycles. The molecule has 0 fully saturated rings. The number of aromatic nitrogens is 5. The minimum absolute atomic E-state index is 0.0378. The van der Waals surface area contributed by atoms with Crippen molar-refractivity contribution in [1.82, 2.24) is 24.5 Å². The third-order valence-corrected chi connectivity index (χ3v) is 7.62. The zero-order valence-electron chi connectivity index (χ0n) is 20.4. The lowest BCUT2D eigenvalue weighted by molar-refractivity contribution is -0.136. The van der Waals surface area contributed by atoms with Gasteiger partial charge in [0.2, 0.25) is 0 Å². The van der Waals surface area contributed by atoms with E-state index < -0.39 is 28.5 Å². The summed E-state index contributed by atoms with van der Waals surface area (Å²) in [6.07, 6.45) is -2.95. The molecule has 0 bridgehead atoms. The van der Waals surface area contributed by atoms with Crippen molar-refractivity contribution in [3.8, 4) is 11.3 Å². The van der Waals surface area contributed by atoms with Crippen LogP contribution in [0.2, 0.25) is 0 Å².